The van der Waals surface area contributed by atoms with Crippen LogP contribution in [0.4, 0.5) is 0 Å². The number of hydrogen-bond donors (Lipinski definition) is 1. The average Bonchev–Trinajstić information content (AvgIpc) is 2.61. The van der Waals surface area contributed by atoms with Crippen molar-refractivity contribution in [2.45, 2.75) is 32.1 Å². The number of likely N-dealkylation sites (tertiary alicyclic amines) is 1. The van der Waals surface area contributed by atoms with Crippen LogP contribution in [0.25, 0.3) is 0 Å². The highest BCUT2D eigenvalue weighted by molar-refractivity contribution is 6.42. The van der Waals surface area contributed by atoms with Gasteiger partial charge in [-0.2, -0.15) is 0 Å². The van der Waals surface area contributed by atoms with Gasteiger partial charge in [-0.05, 0) is 36.6 Å². The van der Waals surface area contributed by atoms with Crippen LogP contribution in [0.15, 0.2) is 30.9 Å². The Hall–Kier alpha value is -1.52. The van der Waals surface area contributed by atoms with Crippen LogP contribution in [0.1, 0.15) is 32.3 Å². The zero-order valence-electron chi connectivity index (χ0n) is 14.6. The second-order valence-electron chi connectivity index (χ2n) is 7.03. The Kier molecular flexibility index (Phi) is 6.53. The number of hydrogen-bond acceptors (Lipinski definition) is 2. The first-order valence-corrected chi connectivity index (χ1v) is 9.15. The zero-order valence-corrected chi connectivity index (χ0v) is 16.2. The molecular weight excluding hydrogens is 359 g/mol. The molecule has 1 aromatic carbocycles. The standard InChI is InChI=1S/C19H24Cl2N2O2/c1-4-17(24)23-9-7-13(8-10-23)18(25)22-12-19(2,3)14-5-6-15(20)16(21)11-14/h4-6,11,13H,1,7-10,12H2,2-3H3,(H,22,25). The summed E-state index contributed by atoms with van der Waals surface area (Å²) in [6, 6.07) is 5.55. The number of nitrogens with zero attached hydrogens (tertiary/aromatic N) is 1. The van der Waals surface area contributed by atoms with E-state index in [1.54, 1.807) is 11.0 Å². The van der Waals surface area contributed by atoms with E-state index >= 15 is 0 Å². The number of nitrogens with one attached hydrogen (secondary N) is 1. The normalized spacial score (nSPS) is 15.8. The van der Waals surface area contributed by atoms with Gasteiger partial charge in [0.05, 0.1) is 10.0 Å². The van der Waals surface area contributed by atoms with Crippen LogP contribution in [0.5, 0.6) is 0 Å². The van der Waals surface area contributed by atoms with Crippen LogP contribution < -0.4 is 5.32 Å². The molecule has 1 N–H and O–H groups in total. The van der Waals surface area contributed by atoms with Gasteiger partial charge in [0.15, 0.2) is 0 Å². The molecule has 1 saturated heterocycles. The van der Waals surface area contributed by atoms with E-state index in [1.807, 2.05) is 12.1 Å². The molecule has 4 nitrogen and oxygen atoms in total. The molecule has 0 aromatic heterocycles. The molecule has 1 aromatic rings. The largest absolute Gasteiger partial charge is 0.355 e. The maximum Gasteiger partial charge on any atom is 0.245 e. The third kappa shape index (κ3) is 4.99. The number of carbonyl (C=O) groups excluding carboxylic acids is 2. The summed E-state index contributed by atoms with van der Waals surface area (Å²) in [5.41, 5.74) is 0.761. The van der Waals surface area contributed by atoms with Crippen molar-refractivity contribution in [3.63, 3.8) is 0 Å². The van der Waals surface area contributed by atoms with E-state index in [9.17, 15) is 9.59 Å². The van der Waals surface area contributed by atoms with Gasteiger partial charge < -0.3 is 10.2 Å². The molecule has 1 fully saturated rings. The third-order valence-electron chi connectivity index (χ3n) is 4.76. The highest BCUT2D eigenvalue weighted by atomic mass is 35.5. The number of piperidine rings is 1. The van der Waals surface area contributed by atoms with E-state index in [0.717, 1.165) is 5.56 Å². The quantitative estimate of drug-likeness (QED) is 0.786. The first kappa shape index (κ1) is 19.8. The van der Waals surface area contributed by atoms with Crippen molar-refractivity contribution in [2.24, 2.45) is 5.92 Å². The molecule has 0 radical (unpaired) electrons. The minimum Gasteiger partial charge on any atom is -0.355 e. The first-order chi connectivity index (χ1) is 11.7. The van der Waals surface area contributed by atoms with Crippen LogP contribution in [0.2, 0.25) is 10.0 Å². The average molecular weight is 383 g/mol. The Balaban J connectivity index is 1.90. The highest BCUT2D eigenvalue weighted by Crippen LogP contribution is 2.29. The van der Waals surface area contributed by atoms with E-state index in [1.165, 1.54) is 6.08 Å². The highest BCUT2D eigenvalue weighted by Gasteiger charge is 2.28. The minimum absolute atomic E-state index is 0.0406. The van der Waals surface area contributed by atoms with Crippen LogP contribution >= 0.6 is 23.2 Å². The van der Waals surface area contributed by atoms with Crippen LogP contribution in [-0.4, -0.2) is 36.3 Å². The van der Waals surface area contributed by atoms with Gasteiger partial charge in [0.25, 0.3) is 0 Å². The number of halogens is 2. The lowest BCUT2D eigenvalue weighted by molar-refractivity contribution is -0.132. The minimum atomic E-state index is -0.261. The van der Waals surface area contributed by atoms with Gasteiger partial charge in [0.2, 0.25) is 11.8 Å². The lowest BCUT2D eigenvalue weighted by atomic mass is 9.84. The molecule has 0 unspecified atom stereocenters. The fourth-order valence-corrected chi connectivity index (χ4v) is 3.26. The number of carbonyl (C=O) groups is 2. The van der Waals surface area contributed by atoms with E-state index < -0.39 is 0 Å². The molecular formula is C19H24Cl2N2O2. The van der Waals surface area contributed by atoms with Crippen molar-refractivity contribution >= 4 is 35.0 Å². The molecule has 25 heavy (non-hydrogen) atoms. The Morgan fingerprint density at radius 1 is 1.28 bits per heavy atom. The van der Waals surface area contributed by atoms with Gasteiger partial charge in [-0.3, -0.25) is 9.59 Å². The second-order valence-corrected chi connectivity index (χ2v) is 7.85. The fraction of sp³-hybridized carbons (Fsp3) is 0.474. The molecule has 0 atom stereocenters. The monoisotopic (exact) mass is 382 g/mol. The summed E-state index contributed by atoms with van der Waals surface area (Å²) in [6.07, 6.45) is 2.68. The summed E-state index contributed by atoms with van der Waals surface area (Å²) < 4.78 is 0. The van der Waals surface area contributed by atoms with E-state index in [4.69, 9.17) is 23.2 Å². The molecule has 1 aliphatic heterocycles. The van der Waals surface area contributed by atoms with Crippen LogP contribution in [-0.2, 0) is 15.0 Å². The van der Waals surface area contributed by atoms with Crippen molar-refractivity contribution in [1.29, 1.82) is 0 Å². The summed E-state index contributed by atoms with van der Waals surface area (Å²) in [4.78, 5) is 25.8. The molecule has 2 amide bonds. The molecule has 6 heteroatoms. The first-order valence-electron chi connectivity index (χ1n) is 8.39. The molecule has 2 rings (SSSR count). The zero-order chi connectivity index (χ0) is 18.6. The second kappa shape index (κ2) is 8.24. The predicted octanol–water partition coefficient (Wildman–Crippen LogP) is 3.81. The summed E-state index contributed by atoms with van der Waals surface area (Å²) in [6.45, 7) is 9.31. The van der Waals surface area contributed by atoms with Gasteiger partial charge in [-0.1, -0.05) is 49.7 Å². The Bertz CT molecular complexity index is 665. The van der Waals surface area contributed by atoms with Crippen molar-refractivity contribution in [1.82, 2.24) is 10.2 Å². The Morgan fingerprint density at radius 3 is 2.48 bits per heavy atom. The lowest BCUT2D eigenvalue weighted by Crippen LogP contribution is -2.45. The maximum absolute atomic E-state index is 12.5. The summed E-state index contributed by atoms with van der Waals surface area (Å²) in [5, 5.41) is 4.08. The number of amides is 2. The summed E-state index contributed by atoms with van der Waals surface area (Å²) in [7, 11) is 0. The smallest absolute Gasteiger partial charge is 0.245 e. The molecule has 0 saturated carbocycles. The van der Waals surface area contributed by atoms with Crippen molar-refractivity contribution in [3.8, 4) is 0 Å². The lowest BCUT2D eigenvalue weighted by Gasteiger charge is -2.32. The third-order valence-corrected chi connectivity index (χ3v) is 5.50. The Labute approximate surface area is 159 Å². The van der Waals surface area contributed by atoms with E-state index in [2.05, 4.69) is 25.7 Å². The van der Waals surface area contributed by atoms with Gasteiger partial charge >= 0.3 is 0 Å². The van der Waals surface area contributed by atoms with Gasteiger partial charge in [0, 0.05) is 31.0 Å². The van der Waals surface area contributed by atoms with Gasteiger partial charge in [-0.25, -0.2) is 0 Å². The number of rotatable bonds is 5. The number of benzene rings is 1. The summed E-state index contributed by atoms with van der Waals surface area (Å²) in [5.74, 6) is -0.0862. The van der Waals surface area contributed by atoms with Crippen LogP contribution in [0, 0.1) is 5.92 Å². The van der Waals surface area contributed by atoms with E-state index in [-0.39, 0.29) is 23.1 Å². The Morgan fingerprint density at radius 2 is 1.92 bits per heavy atom. The van der Waals surface area contributed by atoms with Crippen molar-refractivity contribution in [3.05, 3.63) is 46.5 Å². The molecule has 0 spiro atoms. The maximum atomic E-state index is 12.5. The van der Waals surface area contributed by atoms with Gasteiger partial charge in [-0.15, -0.1) is 0 Å². The topological polar surface area (TPSA) is 49.4 Å². The molecule has 136 valence electrons. The summed E-state index contributed by atoms with van der Waals surface area (Å²) >= 11 is 12.1. The fourth-order valence-electron chi connectivity index (χ4n) is 2.96. The van der Waals surface area contributed by atoms with Gasteiger partial charge in [0.1, 0.15) is 0 Å². The van der Waals surface area contributed by atoms with Crippen molar-refractivity contribution < 1.29 is 9.59 Å². The predicted molar refractivity (Wildman–Crippen MR) is 102 cm³/mol. The molecule has 0 bridgehead atoms. The molecule has 1 aliphatic rings. The molecule has 0 aliphatic carbocycles. The molecule has 1 heterocycles. The SMILES string of the molecule is C=CC(=O)N1CCC(C(=O)NCC(C)(C)c2ccc(Cl)c(Cl)c2)CC1. The van der Waals surface area contributed by atoms with Crippen molar-refractivity contribution in [2.75, 3.05) is 19.6 Å². The van der Waals surface area contributed by atoms with E-state index in [0.29, 0.717) is 42.5 Å². The van der Waals surface area contributed by atoms with Crippen LogP contribution in [0.3, 0.4) is 0 Å².